The lowest BCUT2D eigenvalue weighted by molar-refractivity contribution is -0.144. The van der Waals surface area contributed by atoms with Gasteiger partial charge in [-0.3, -0.25) is 9.59 Å². The molecule has 14 heavy (non-hydrogen) atoms. The van der Waals surface area contributed by atoms with Crippen LogP contribution in [0.3, 0.4) is 0 Å². The highest BCUT2D eigenvalue weighted by Crippen LogP contribution is 1.96. The number of ether oxygens (including phenoxy) is 2. The molecule has 0 heterocycles. The normalized spacial score (nSPS) is 8.07. The average Bonchev–Trinajstić information content (AvgIpc) is 2.16. The van der Waals surface area contributed by atoms with Crippen molar-refractivity contribution in [1.29, 1.82) is 0 Å². The Balaban J connectivity index is 3.68. The van der Waals surface area contributed by atoms with E-state index in [1.54, 1.807) is 13.0 Å². The summed E-state index contributed by atoms with van der Waals surface area (Å²) in [5.74, 6) is -1.01. The van der Waals surface area contributed by atoms with Crippen molar-refractivity contribution >= 4 is 11.9 Å². The Morgan fingerprint density at radius 3 is 2.36 bits per heavy atom. The molecular weight excluding hydrogens is 184 g/mol. The highest BCUT2D eigenvalue weighted by molar-refractivity contribution is 5.78. The minimum absolute atomic E-state index is 0.0193. The molecule has 0 aliphatic heterocycles. The Hall–Kier alpha value is -1.80. The van der Waals surface area contributed by atoms with Crippen molar-refractivity contribution in [1.82, 2.24) is 0 Å². The number of hydrogen-bond donors (Lipinski definition) is 0. The number of rotatable bonds is 5. The first kappa shape index (κ1) is 12.2. The molecule has 4 nitrogen and oxygen atoms in total. The first-order valence-electron chi connectivity index (χ1n) is 4.06. The van der Waals surface area contributed by atoms with Crippen LogP contribution < -0.4 is 0 Å². The van der Waals surface area contributed by atoms with Crippen molar-refractivity contribution in [2.75, 3.05) is 0 Å². The molecule has 0 N–H and O–H groups in total. The van der Waals surface area contributed by atoms with Crippen LogP contribution in [0, 0.1) is 0 Å². The second-order valence-electron chi connectivity index (χ2n) is 2.22. The molecule has 0 fully saturated rings. The number of esters is 2. The first-order chi connectivity index (χ1) is 6.70. The molecule has 0 amide bonds. The molecule has 0 saturated carbocycles. The van der Waals surface area contributed by atoms with E-state index in [1.165, 1.54) is 0 Å². The van der Waals surface area contributed by atoms with E-state index in [0.29, 0.717) is 0 Å². The quantitative estimate of drug-likeness (QED) is 0.381. The molecule has 0 aliphatic carbocycles. The predicted octanol–water partition coefficient (Wildman–Crippen LogP) is 1.69. The topological polar surface area (TPSA) is 52.6 Å². The van der Waals surface area contributed by atoms with Crippen molar-refractivity contribution < 1.29 is 19.1 Å². The fourth-order valence-electron chi connectivity index (χ4n) is 0.583. The second kappa shape index (κ2) is 7.83. The zero-order chi connectivity index (χ0) is 10.8. The molecule has 0 aliphatic rings. The van der Waals surface area contributed by atoms with Gasteiger partial charge in [-0.25, -0.2) is 0 Å². The van der Waals surface area contributed by atoms with E-state index < -0.39 is 11.9 Å². The lowest BCUT2D eigenvalue weighted by atomic mass is 10.3. The third kappa shape index (κ3) is 6.88. The molecule has 76 valence electrons. The van der Waals surface area contributed by atoms with E-state index in [-0.39, 0.29) is 12.8 Å². The maximum absolute atomic E-state index is 10.9. The molecule has 0 atom stereocenters. The number of hydrogen-bond acceptors (Lipinski definition) is 4. The largest absolute Gasteiger partial charge is 0.435 e. The maximum Gasteiger partial charge on any atom is 0.311 e. The lowest BCUT2D eigenvalue weighted by Gasteiger charge is -1.97. The molecule has 0 aromatic rings. The van der Waals surface area contributed by atoms with Crippen LogP contribution in [0.5, 0.6) is 0 Å². The Morgan fingerprint density at radius 2 is 1.86 bits per heavy atom. The minimum atomic E-state index is -0.507. The molecule has 4 heteroatoms. The number of carbonyl (C=O) groups is 2. The minimum Gasteiger partial charge on any atom is -0.435 e. The van der Waals surface area contributed by atoms with E-state index >= 15 is 0 Å². The standard InChI is InChI=1S/C10H12O4/c1-3-5-8-14-10(12)7-6-9(11)13-4-2/h3-4,8H,2,6-7H2,1H3. The van der Waals surface area contributed by atoms with E-state index in [0.717, 1.165) is 12.5 Å². The van der Waals surface area contributed by atoms with Gasteiger partial charge in [-0.05, 0) is 13.0 Å². The second-order valence-corrected chi connectivity index (χ2v) is 2.22. The summed E-state index contributed by atoms with van der Waals surface area (Å²) in [6, 6.07) is 0. The van der Waals surface area contributed by atoms with Crippen LogP contribution >= 0.6 is 0 Å². The smallest absolute Gasteiger partial charge is 0.311 e. The maximum atomic E-state index is 10.9. The Labute approximate surface area is 82.5 Å². The van der Waals surface area contributed by atoms with E-state index in [2.05, 4.69) is 21.8 Å². The molecule has 0 bridgehead atoms. The van der Waals surface area contributed by atoms with Gasteiger partial charge in [0.2, 0.25) is 0 Å². The highest BCUT2D eigenvalue weighted by atomic mass is 16.5. The summed E-state index contributed by atoms with van der Waals surface area (Å²) < 4.78 is 8.97. The summed E-state index contributed by atoms with van der Waals surface area (Å²) in [5, 5.41) is 0. The van der Waals surface area contributed by atoms with Gasteiger partial charge in [0.25, 0.3) is 0 Å². The molecule has 0 spiro atoms. The third-order valence-corrected chi connectivity index (χ3v) is 1.17. The summed E-state index contributed by atoms with van der Waals surface area (Å²) in [4.78, 5) is 21.6. The first-order valence-corrected chi connectivity index (χ1v) is 4.06. The van der Waals surface area contributed by atoms with Gasteiger partial charge in [0.05, 0.1) is 19.1 Å². The Kier molecular flexibility index (Phi) is 6.82. The Bertz CT molecular complexity index is 272. The van der Waals surface area contributed by atoms with Crippen LogP contribution in [0.25, 0.3) is 0 Å². The van der Waals surface area contributed by atoms with Gasteiger partial charge < -0.3 is 9.47 Å². The fraction of sp³-hybridized carbons (Fsp3) is 0.300. The van der Waals surface area contributed by atoms with Gasteiger partial charge in [-0.2, -0.15) is 0 Å². The highest BCUT2D eigenvalue weighted by Gasteiger charge is 2.06. The molecular formula is C10H12O4. The van der Waals surface area contributed by atoms with Crippen molar-refractivity contribution in [3.63, 3.8) is 0 Å². The summed E-state index contributed by atoms with van der Waals surface area (Å²) in [7, 11) is 0. The number of allylic oxidation sites excluding steroid dienone is 1. The van der Waals surface area contributed by atoms with Crippen LogP contribution in [-0.4, -0.2) is 11.9 Å². The molecule has 0 radical (unpaired) electrons. The van der Waals surface area contributed by atoms with Crippen LogP contribution in [0.15, 0.2) is 30.9 Å². The summed E-state index contributed by atoms with van der Waals surface area (Å²) >= 11 is 0. The van der Waals surface area contributed by atoms with E-state index in [9.17, 15) is 9.59 Å². The Morgan fingerprint density at radius 1 is 1.29 bits per heavy atom. The molecule has 0 saturated heterocycles. The van der Waals surface area contributed by atoms with E-state index in [4.69, 9.17) is 0 Å². The van der Waals surface area contributed by atoms with Crippen LogP contribution in [0.1, 0.15) is 19.8 Å². The van der Waals surface area contributed by atoms with E-state index in [1.807, 2.05) is 0 Å². The van der Waals surface area contributed by atoms with Gasteiger partial charge in [-0.15, -0.1) is 0 Å². The van der Waals surface area contributed by atoms with Gasteiger partial charge in [0, 0.05) is 0 Å². The van der Waals surface area contributed by atoms with Crippen molar-refractivity contribution in [2.45, 2.75) is 19.8 Å². The molecule has 0 unspecified atom stereocenters. The zero-order valence-electron chi connectivity index (χ0n) is 7.99. The van der Waals surface area contributed by atoms with Crippen LogP contribution in [0.4, 0.5) is 0 Å². The fourth-order valence-corrected chi connectivity index (χ4v) is 0.583. The van der Waals surface area contributed by atoms with Crippen LogP contribution in [0.2, 0.25) is 0 Å². The number of carbonyl (C=O) groups excluding carboxylic acids is 2. The van der Waals surface area contributed by atoms with Gasteiger partial charge in [-0.1, -0.05) is 12.3 Å². The van der Waals surface area contributed by atoms with Gasteiger partial charge >= 0.3 is 11.9 Å². The van der Waals surface area contributed by atoms with Gasteiger partial charge in [0.15, 0.2) is 0 Å². The SMILES string of the molecule is C=COC(=O)CCC(=O)OC=C=CC. The summed E-state index contributed by atoms with van der Waals surface area (Å²) in [6.07, 6.45) is 3.72. The molecule has 0 aromatic heterocycles. The molecule has 0 rings (SSSR count). The summed E-state index contributed by atoms with van der Waals surface area (Å²) in [5.41, 5.74) is 2.57. The summed E-state index contributed by atoms with van der Waals surface area (Å²) in [6.45, 7) is 4.95. The predicted molar refractivity (Wildman–Crippen MR) is 49.9 cm³/mol. The van der Waals surface area contributed by atoms with Gasteiger partial charge in [0.1, 0.15) is 6.26 Å². The zero-order valence-corrected chi connectivity index (χ0v) is 7.99. The van der Waals surface area contributed by atoms with Crippen LogP contribution in [-0.2, 0) is 19.1 Å². The van der Waals surface area contributed by atoms with Crippen molar-refractivity contribution in [2.24, 2.45) is 0 Å². The third-order valence-electron chi connectivity index (χ3n) is 1.17. The average molecular weight is 196 g/mol. The molecule has 0 aromatic carbocycles. The van der Waals surface area contributed by atoms with Crippen molar-refractivity contribution in [3.05, 3.63) is 30.9 Å². The van der Waals surface area contributed by atoms with Crippen molar-refractivity contribution in [3.8, 4) is 0 Å². The lowest BCUT2D eigenvalue weighted by Crippen LogP contribution is -2.05. The monoisotopic (exact) mass is 196 g/mol.